The quantitative estimate of drug-likeness (QED) is 0.918. The van der Waals surface area contributed by atoms with Crippen LogP contribution in [0.2, 0.25) is 0 Å². The second kappa shape index (κ2) is 6.39. The summed E-state index contributed by atoms with van der Waals surface area (Å²) in [4.78, 5) is 4.33. The van der Waals surface area contributed by atoms with Gasteiger partial charge in [0.05, 0.1) is 13.1 Å². The van der Waals surface area contributed by atoms with E-state index in [1.165, 1.54) is 11.1 Å². The lowest BCUT2D eigenvalue weighted by atomic mass is 9.87. The van der Waals surface area contributed by atoms with E-state index in [0.717, 1.165) is 18.9 Å². The van der Waals surface area contributed by atoms with Gasteiger partial charge < -0.3 is 5.32 Å². The third kappa shape index (κ3) is 4.39. The van der Waals surface area contributed by atoms with Gasteiger partial charge in [0.2, 0.25) is 0 Å². The monoisotopic (exact) mass is 286 g/mol. The van der Waals surface area contributed by atoms with Crippen molar-refractivity contribution in [1.29, 1.82) is 0 Å². The topological polar surface area (TPSA) is 42.7 Å². The number of aromatic nitrogens is 3. The van der Waals surface area contributed by atoms with Crippen molar-refractivity contribution in [1.82, 2.24) is 20.1 Å². The molecule has 0 saturated carbocycles. The summed E-state index contributed by atoms with van der Waals surface area (Å²) in [6.07, 6.45) is 1.63. The maximum absolute atomic E-state index is 4.33. The summed E-state index contributed by atoms with van der Waals surface area (Å²) in [5, 5.41) is 7.71. The van der Waals surface area contributed by atoms with Gasteiger partial charge in [-0.1, -0.05) is 58.9 Å². The summed E-state index contributed by atoms with van der Waals surface area (Å²) >= 11 is 0. The molecule has 1 aromatic heterocycles. The Morgan fingerprint density at radius 3 is 2.38 bits per heavy atom. The number of hydrogen-bond acceptors (Lipinski definition) is 3. The highest BCUT2D eigenvalue weighted by atomic mass is 15.3. The molecule has 1 N–H and O–H groups in total. The van der Waals surface area contributed by atoms with E-state index in [1.807, 2.05) is 4.68 Å². The zero-order valence-corrected chi connectivity index (χ0v) is 13.7. The van der Waals surface area contributed by atoms with Gasteiger partial charge in [0.25, 0.3) is 0 Å². The van der Waals surface area contributed by atoms with Crippen molar-refractivity contribution < 1.29 is 0 Å². The number of benzene rings is 1. The Bertz CT molecular complexity index is 561. The first kappa shape index (κ1) is 15.7. The van der Waals surface area contributed by atoms with Crippen LogP contribution in [0.15, 0.2) is 30.6 Å². The lowest BCUT2D eigenvalue weighted by Crippen LogP contribution is -2.24. The fraction of sp³-hybridized carbons (Fsp3) is 0.529. The van der Waals surface area contributed by atoms with E-state index in [0.29, 0.717) is 6.04 Å². The Balaban J connectivity index is 2.07. The normalized spacial score (nSPS) is 12.1. The zero-order chi connectivity index (χ0) is 15.5. The summed E-state index contributed by atoms with van der Waals surface area (Å²) in [6, 6.07) is 9.22. The Morgan fingerprint density at radius 2 is 1.81 bits per heavy atom. The molecule has 4 heteroatoms. The van der Waals surface area contributed by atoms with Crippen LogP contribution < -0.4 is 5.32 Å². The van der Waals surface area contributed by atoms with Gasteiger partial charge in [-0.3, -0.25) is 0 Å². The van der Waals surface area contributed by atoms with Crippen molar-refractivity contribution in [2.75, 3.05) is 0 Å². The summed E-state index contributed by atoms with van der Waals surface area (Å²) in [5.74, 6) is 0.976. The number of rotatable bonds is 5. The van der Waals surface area contributed by atoms with E-state index < -0.39 is 0 Å². The van der Waals surface area contributed by atoms with Gasteiger partial charge in [0, 0.05) is 6.04 Å². The van der Waals surface area contributed by atoms with Crippen LogP contribution in [0.1, 0.15) is 51.6 Å². The summed E-state index contributed by atoms with van der Waals surface area (Å²) in [6.45, 7) is 12.5. The van der Waals surface area contributed by atoms with Crippen LogP contribution in [0.4, 0.5) is 0 Å². The first-order chi connectivity index (χ1) is 9.86. The van der Waals surface area contributed by atoms with Crippen LogP contribution in [-0.2, 0) is 18.5 Å². The molecule has 0 aliphatic heterocycles. The van der Waals surface area contributed by atoms with Crippen molar-refractivity contribution in [3.63, 3.8) is 0 Å². The molecule has 2 aromatic rings. The molecule has 2 rings (SSSR count). The maximum atomic E-state index is 4.33. The predicted molar refractivity (Wildman–Crippen MR) is 86.2 cm³/mol. The van der Waals surface area contributed by atoms with Crippen molar-refractivity contribution in [2.45, 2.75) is 59.2 Å². The molecule has 0 spiro atoms. The van der Waals surface area contributed by atoms with Crippen LogP contribution in [-0.4, -0.2) is 20.8 Å². The van der Waals surface area contributed by atoms with Gasteiger partial charge in [0.15, 0.2) is 0 Å². The minimum absolute atomic E-state index is 0.193. The molecule has 0 aliphatic carbocycles. The number of nitrogens with one attached hydrogen (secondary N) is 1. The van der Waals surface area contributed by atoms with Crippen LogP contribution in [0.5, 0.6) is 0 Å². The van der Waals surface area contributed by atoms with Gasteiger partial charge in [-0.15, -0.1) is 0 Å². The Labute approximate surface area is 127 Å². The average Bonchev–Trinajstić information content (AvgIpc) is 2.83. The molecule has 21 heavy (non-hydrogen) atoms. The fourth-order valence-corrected chi connectivity index (χ4v) is 2.14. The molecule has 4 nitrogen and oxygen atoms in total. The largest absolute Gasteiger partial charge is 0.308 e. The van der Waals surface area contributed by atoms with Gasteiger partial charge in [-0.05, 0) is 16.5 Å². The summed E-state index contributed by atoms with van der Waals surface area (Å²) in [7, 11) is 0. The Kier molecular flexibility index (Phi) is 4.78. The van der Waals surface area contributed by atoms with E-state index in [-0.39, 0.29) is 5.41 Å². The molecule has 0 fully saturated rings. The molecule has 0 atom stereocenters. The Hall–Kier alpha value is -1.68. The van der Waals surface area contributed by atoms with Crippen molar-refractivity contribution in [3.05, 3.63) is 47.5 Å². The molecular formula is C17H26N4. The van der Waals surface area contributed by atoms with Crippen molar-refractivity contribution in [2.24, 2.45) is 0 Å². The van der Waals surface area contributed by atoms with E-state index in [1.54, 1.807) is 6.33 Å². The van der Waals surface area contributed by atoms with Gasteiger partial charge in [-0.25, -0.2) is 9.67 Å². The van der Waals surface area contributed by atoms with E-state index in [9.17, 15) is 0 Å². The molecule has 1 aromatic carbocycles. The van der Waals surface area contributed by atoms with E-state index >= 15 is 0 Å². The molecule has 114 valence electrons. The molecule has 0 aliphatic rings. The predicted octanol–water partition coefficient (Wildman–Crippen LogP) is 3.12. The summed E-state index contributed by atoms with van der Waals surface area (Å²) < 4.78 is 1.96. The highest BCUT2D eigenvalue weighted by Crippen LogP contribution is 2.22. The van der Waals surface area contributed by atoms with E-state index in [4.69, 9.17) is 0 Å². The molecule has 1 heterocycles. The number of nitrogens with zero attached hydrogens (tertiary/aromatic N) is 3. The molecule has 0 unspecified atom stereocenters. The standard InChI is InChI=1S/C17H26N4/c1-13(2)18-10-16-19-12-20-21(16)11-14-6-8-15(9-7-14)17(3,4)5/h6-9,12-13,18H,10-11H2,1-5H3. The molecular weight excluding hydrogens is 260 g/mol. The van der Waals surface area contributed by atoms with Gasteiger partial charge >= 0.3 is 0 Å². The molecule has 0 bridgehead atoms. The first-order valence-corrected chi connectivity index (χ1v) is 7.56. The van der Waals surface area contributed by atoms with Gasteiger partial charge in [0.1, 0.15) is 12.2 Å². The SMILES string of the molecule is CC(C)NCc1ncnn1Cc1ccc(C(C)(C)C)cc1. The smallest absolute Gasteiger partial charge is 0.141 e. The second-order valence-electron chi connectivity index (χ2n) is 6.82. The molecule has 0 amide bonds. The molecule has 0 radical (unpaired) electrons. The maximum Gasteiger partial charge on any atom is 0.141 e. The van der Waals surface area contributed by atoms with Crippen molar-refractivity contribution >= 4 is 0 Å². The molecule has 0 saturated heterocycles. The highest BCUT2D eigenvalue weighted by molar-refractivity contribution is 5.27. The van der Waals surface area contributed by atoms with Gasteiger partial charge in [-0.2, -0.15) is 5.10 Å². The third-order valence-electron chi connectivity index (χ3n) is 3.52. The van der Waals surface area contributed by atoms with Crippen LogP contribution in [0, 0.1) is 0 Å². The van der Waals surface area contributed by atoms with E-state index in [2.05, 4.69) is 74.3 Å². The highest BCUT2D eigenvalue weighted by Gasteiger charge is 2.13. The third-order valence-corrected chi connectivity index (χ3v) is 3.52. The zero-order valence-electron chi connectivity index (χ0n) is 13.7. The lowest BCUT2D eigenvalue weighted by molar-refractivity contribution is 0.538. The van der Waals surface area contributed by atoms with Crippen LogP contribution in [0.3, 0.4) is 0 Å². The lowest BCUT2D eigenvalue weighted by Gasteiger charge is -2.19. The van der Waals surface area contributed by atoms with Crippen LogP contribution in [0.25, 0.3) is 0 Å². The minimum Gasteiger partial charge on any atom is -0.308 e. The summed E-state index contributed by atoms with van der Waals surface area (Å²) in [5.41, 5.74) is 2.80. The van der Waals surface area contributed by atoms with Crippen molar-refractivity contribution in [3.8, 4) is 0 Å². The second-order valence-corrected chi connectivity index (χ2v) is 6.82. The van der Waals surface area contributed by atoms with Crippen LogP contribution >= 0.6 is 0 Å². The first-order valence-electron chi connectivity index (χ1n) is 7.56. The number of hydrogen-bond donors (Lipinski definition) is 1. The average molecular weight is 286 g/mol. The minimum atomic E-state index is 0.193. The Morgan fingerprint density at radius 1 is 1.14 bits per heavy atom. The fourth-order valence-electron chi connectivity index (χ4n) is 2.14.